The molecule has 2 saturated heterocycles. The molecular weight excluding hydrogens is 759 g/mol. The van der Waals surface area contributed by atoms with Gasteiger partial charge in [-0.3, -0.25) is 14.6 Å². The Morgan fingerprint density at radius 1 is 1.07 bits per heavy atom. The monoisotopic (exact) mass is 791 g/mol. The number of hydrogen-bond donors (Lipinski definition) is 3. The fourth-order valence-corrected chi connectivity index (χ4v) is 9.03. The molecule has 4 N–H and O–H groups in total. The Labute approximate surface area is 278 Å². The third-order valence-corrected chi connectivity index (χ3v) is 11.1. The molecule has 0 aromatic heterocycles. The number of carbonyl (C=O) groups excluding carboxylic acids is 1. The van der Waals surface area contributed by atoms with Gasteiger partial charge in [0.2, 0.25) is 6.79 Å². The first-order valence-corrected chi connectivity index (χ1v) is 14.6. The van der Waals surface area contributed by atoms with E-state index in [-0.39, 0.29) is 92.8 Å². The van der Waals surface area contributed by atoms with Crippen LogP contribution in [0.4, 0.5) is 0 Å². The molecule has 2 fully saturated rings. The number of thioether (sulfide) groups is 1. The molecule has 5 aliphatic heterocycles. The second kappa shape index (κ2) is 10.5. The largest absolute Gasteiger partial charge is 0.507 e. The van der Waals surface area contributed by atoms with Gasteiger partial charge in [-0.1, -0.05) is 6.07 Å². The molecule has 5 aliphatic rings. The van der Waals surface area contributed by atoms with Crippen molar-refractivity contribution in [3.63, 3.8) is 0 Å². The second-order valence-corrected chi connectivity index (χ2v) is 12.7. The van der Waals surface area contributed by atoms with Crippen LogP contribution in [0.2, 0.25) is 0 Å². The van der Waals surface area contributed by atoms with Crippen LogP contribution in [0.1, 0.15) is 56.3 Å². The van der Waals surface area contributed by atoms with Gasteiger partial charge in [-0.25, -0.2) is 0 Å². The minimum atomic E-state index is -0.837. The maximum Gasteiger partial charge on any atom is 0.323 e. The summed E-state index contributed by atoms with van der Waals surface area (Å²) >= 11 is 1.47. The molecule has 0 aliphatic carbocycles. The van der Waals surface area contributed by atoms with Gasteiger partial charge >= 0.3 is 5.97 Å². The number of esters is 1. The SMILES string of the molecule is Cc1cc2c(c(O)c1C)[C@H]1C3[C@@H]4SC[C@H](N)C(=O)OC[C@H](c5c6c(c(C)c(O)c54)OCO6)N3[C@@H](C#N)[C@H](C2)N1C.[Ac]. The molecule has 4 bridgehead atoms. The van der Waals surface area contributed by atoms with E-state index in [0.717, 1.165) is 22.3 Å². The zero-order chi connectivity index (χ0) is 28.2. The molecule has 7 atom stereocenters. The average Bonchev–Trinajstić information content (AvgIpc) is 3.42. The van der Waals surface area contributed by atoms with Crippen LogP contribution in [0.15, 0.2) is 6.07 Å². The molecule has 10 nitrogen and oxygen atoms in total. The van der Waals surface area contributed by atoms with Crippen LogP contribution >= 0.6 is 11.8 Å². The Morgan fingerprint density at radius 3 is 2.51 bits per heavy atom. The van der Waals surface area contributed by atoms with Crippen molar-refractivity contribution in [1.29, 1.82) is 5.26 Å². The Balaban J connectivity index is 0.00000302. The van der Waals surface area contributed by atoms with Gasteiger partial charge in [0.15, 0.2) is 11.5 Å². The van der Waals surface area contributed by atoms with Crippen LogP contribution in [0, 0.1) is 76.2 Å². The molecule has 2 aromatic rings. The molecular formula is C29H32AcN4O6S. The van der Waals surface area contributed by atoms with Gasteiger partial charge in [0, 0.05) is 84.2 Å². The van der Waals surface area contributed by atoms with E-state index in [0.29, 0.717) is 34.6 Å². The maximum atomic E-state index is 12.8. The van der Waals surface area contributed by atoms with E-state index < -0.39 is 29.3 Å². The topological polar surface area (TPSA) is 142 Å². The van der Waals surface area contributed by atoms with Crippen LogP contribution in [-0.2, 0) is 16.0 Å². The smallest absolute Gasteiger partial charge is 0.323 e. The minimum absolute atomic E-state index is 0. The first kappa shape index (κ1) is 29.3. The van der Waals surface area contributed by atoms with Gasteiger partial charge in [-0.15, -0.1) is 11.8 Å². The Kier molecular flexibility index (Phi) is 7.49. The summed E-state index contributed by atoms with van der Waals surface area (Å²) in [5.74, 6) is 1.14. The van der Waals surface area contributed by atoms with Crippen LogP contribution < -0.4 is 15.2 Å². The summed E-state index contributed by atoms with van der Waals surface area (Å²) in [7, 11) is 2.02. The van der Waals surface area contributed by atoms with Crippen molar-refractivity contribution in [2.75, 3.05) is 26.2 Å². The molecule has 0 saturated carbocycles. The molecule has 41 heavy (non-hydrogen) atoms. The van der Waals surface area contributed by atoms with E-state index in [1.54, 1.807) is 6.92 Å². The number of nitriles is 1. The van der Waals surface area contributed by atoms with E-state index in [1.165, 1.54) is 11.8 Å². The number of aromatic hydroxyl groups is 2. The zero-order valence-corrected chi connectivity index (χ0v) is 28.9. The van der Waals surface area contributed by atoms with Crippen LogP contribution in [0.3, 0.4) is 0 Å². The van der Waals surface area contributed by atoms with Crippen molar-refractivity contribution in [2.45, 2.75) is 68.7 Å². The number of piperazine rings is 1. The van der Waals surface area contributed by atoms with Crippen molar-refractivity contribution in [3.8, 4) is 29.1 Å². The zero-order valence-electron chi connectivity index (χ0n) is 23.4. The third-order valence-electron chi connectivity index (χ3n) is 9.64. The summed E-state index contributed by atoms with van der Waals surface area (Å²) in [6, 6.07) is 1.93. The summed E-state index contributed by atoms with van der Waals surface area (Å²) in [5, 5.41) is 33.6. The number of phenols is 2. The van der Waals surface area contributed by atoms with Gasteiger partial charge in [-0.05, 0) is 50.9 Å². The van der Waals surface area contributed by atoms with Crippen LogP contribution in [0.5, 0.6) is 23.0 Å². The molecule has 0 spiro atoms. The molecule has 213 valence electrons. The van der Waals surface area contributed by atoms with E-state index >= 15 is 0 Å². The number of phenolic OH excluding ortho intramolecular Hbond substituents is 2. The summed E-state index contributed by atoms with van der Waals surface area (Å²) < 4.78 is 17.6. The predicted octanol–water partition coefficient (Wildman–Crippen LogP) is 2.64. The fraction of sp³-hybridized carbons (Fsp3) is 0.517. The third kappa shape index (κ3) is 3.99. The van der Waals surface area contributed by atoms with Gasteiger partial charge in [0.05, 0.1) is 23.4 Å². The number of cyclic esters (lactones) is 1. The number of ether oxygens (including phenoxy) is 3. The van der Waals surface area contributed by atoms with Gasteiger partial charge in [-0.2, -0.15) is 5.26 Å². The molecule has 7 rings (SSSR count). The summed E-state index contributed by atoms with van der Waals surface area (Å²) in [6.45, 7) is 5.68. The molecule has 5 heterocycles. The van der Waals surface area contributed by atoms with Crippen molar-refractivity contribution in [3.05, 3.63) is 45.0 Å². The number of nitrogens with zero attached hydrogens (tertiary/aromatic N) is 3. The fourth-order valence-electron chi connectivity index (χ4n) is 7.59. The molecule has 2 aromatic carbocycles. The molecule has 0 amide bonds. The first-order chi connectivity index (χ1) is 19.1. The van der Waals surface area contributed by atoms with E-state index in [1.807, 2.05) is 20.9 Å². The minimum Gasteiger partial charge on any atom is -0.507 e. The van der Waals surface area contributed by atoms with Gasteiger partial charge in [0.1, 0.15) is 30.2 Å². The van der Waals surface area contributed by atoms with Crippen molar-refractivity contribution in [1.82, 2.24) is 9.80 Å². The standard InChI is InChI=1S/C29H32N4O6S.Ac/c1-11-5-14-6-16-17(7-30)33-18-8-37-29(36)15(31)9-40-28(23(33)22(32(16)4)19(14)24(34)12(11)2)21-20(18)27-26(38-10-39-27)13(3)25(21)35;/h5,15-18,22-23,28,34-35H,6,8-10,31H2,1-4H3;/t15-,16-,17-,18+,22-,23?,28+;/m0./s1. The Bertz CT molecular complexity index is 1510. The number of rotatable bonds is 0. The summed E-state index contributed by atoms with van der Waals surface area (Å²) in [4.78, 5) is 17.2. The summed E-state index contributed by atoms with van der Waals surface area (Å²) in [6.07, 6.45) is 0.595. The van der Waals surface area contributed by atoms with E-state index in [2.05, 4.69) is 21.9 Å². The average molecular weight is 792 g/mol. The Hall–Kier alpha value is -1.73. The molecule has 1 radical (unpaired) electrons. The number of aryl methyl sites for hydroxylation is 1. The number of likely N-dealkylation sites (N-methyl/N-ethyl adjacent to an activating group) is 1. The number of nitrogens with two attached hydrogens (primary N) is 1. The van der Waals surface area contributed by atoms with Gasteiger partial charge < -0.3 is 30.2 Å². The number of benzene rings is 2. The van der Waals surface area contributed by atoms with E-state index in [4.69, 9.17) is 19.9 Å². The maximum absolute atomic E-state index is 12.8. The van der Waals surface area contributed by atoms with Crippen molar-refractivity contribution in [2.24, 2.45) is 5.73 Å². The van der Waals surface area contributed by atoms with Crippen molar-refractivity contribution >= 4 is 17.7 Å². The normalized spacial score (nSPS) is 31.7. The number of fused-ring (bicyclic) bond motifs is 9. The molecule has 12 heteroatoms. The number of hydrogen-bond acceptors (Lipinski definition) is 11. The Morgan fingerprint density at radius 2 is 1.78 bits per heavy atom. The predicted molar refractivity (Wildman–Crippen MR) is 146 cm³/mol. The van der Waals surface area contributed by atoms with Crippen LogP contribution in [0.25, 0.3) is 0 Å². The summed E-state index contributed by atoms with van der Waals surface area (Å²) in [5.41, 5.74) is 12.0. The van der Waals surface area contributed by atoms with Crippen LogP contribution in [-0.4, -0.2) is 76.3 Å². The first-order valence-electron chi connectivity index (χ1n) is 13.5. The van der Waals surface area contributed by atoms with E-state index in [9.17, 15) is 20.3 Å². The van der Waals surface area contributed by atoms with Crippen molar-refractivity contribution < 1.29 is 73.3 Å². The molecule has 1 unspecified atom stereocenters. The second-order valence-electron chi connectivity index (χ2n) is 11.5. The number of carbonyl (C=O) groups is 1. The quantitative estimate of drug-likeness (QED) is 0.340. The van der Waals surface area contributed by atoms with Gasteiger partial charge in [0.25, 0.3) is 0 Å².